The summed E-state index contributed by atoms with van der Waals surface area (Å²) in [6, 6.07) is 7.86. The van der Waals surface area contributed by atoms with Crippen molar-refractivity contribution in [1.29, 1.82) is 0 Å². The largest absolute Gasteiger partial charge is 0.747 e. The van der Waals surface area contributed by atoms with Crippen molar-refractivity contribution >= 4 is 33.4 Å². The lowest BCUT2D eigenvalue weighted by molar-refractivity contribution is -0.135. The van der Waals surface area contributed by atoms with E-state index in [9.17, 15) is 22.6 Å². The second-order valence-electron chi connectivity index (χ2n) is 4.06. The van der Waals surface area contributed by atoms with E-state index in [4.69, 9.17) is 0 Å². The monoisotopic (exact) mass is 311 g/mol. The highest BCUT2D eigenvalue weighted by Gasteiger charge is 2.45. The SMILES string of the molecule is CCOC(=O)C1=NN(c2ccccc2)C(=O)[C@@H]1S(=O)(=O)[O-]. The van der Waals surface area contributed by atoms with E-state index >= 15 is 0 Å². The number of ether oxygens (including phenoxy) is 1. The third-order valence-electron chi connectivity index (χ3n) is 2.66. The van der Waals surface area contributed by atoms with Crippen molar-refractivity contribution in [1.82, 2.24) is 0 Å². The lowest BCUT2D eigenvalue weighted by Crippen LogP contribution is -2.41. The number of para-hydroxylation sites is 1. The van der Waals surface area contributed by atoms with Gasteiger partial charge in [-0.2, -0.15) is 10.1 Å². The number of hydrogen-bond acceptors (Lipinski definition) is 7. The summed E-state index contributed by atoms with van der Waals surface area (Å²) >= 11 is 0. The molecule has 0 aromatic heterocycles. The molecule has 1 aromatic carbocycles. The number of hydrazone groups is 1. The van der Waals surface area contributed by atoms with Crippen molar-refractivity contribution < 1.29 is 27.3 Å². The predicted octanol–water partition coefficient (Wildman–Crippen LogP) is -0.134. The smallest absolute Gasteiger partial charge is 0.356 e. The zero-order chi connectivity index (χ0) is 15.6. The molecule has 0 N–H and O–H groups in total. The van der Waals surface area contributed by atoms with Gasteiger partial charge in [-0.3, -0.25) is 4.79 Å². The van der Waals surface area contributed by atoms with Crippen LogP contribution in [0.2, 0.25) is 0 Å². The Bertz CT molecular complexity index is 698. The van der Waals surface area contributed by atoms with Crippen LogP contribution in [-0.2, 0) is 24.4 Å². The van der Waals surface area contributed by atoms with Gasteiger partial charge in [0, 0.05) is 0 Å². The highest BCUT2D eigenvalue weighted by Crippen LogP contribution is 2.23. The third kappa shape index (κ3) is 2.93. The molecule has 112 valence electrons. The van der Waals surface area contributed by atoms with Gasteiger partial charge in [0.2, 0.25) is 0 Å². The molecule has 0 spiro atoms. The fourth-order valence-electron chi connectivity index (χ4n) is 1.80. The van der Waals surface area contributed by atoms with E-state index in [1.165, 1.54) is 19.1 Å². The molecule has 21 heavy (non-hydrogen) atoms. The van der Waals surface area contributed by atoms with Crippen LogP contribution in [0.25, 0.3) is 0 Å². The normalized spacial score (nSPS) is 18.6. The van der Waals surface area contributed by atoms with Crippen LogP contribution in [0.4, 0.5) is 5.69 Å². The van der Waals surface area contributed by atoms with Crippen molar-refractivity contribution in [2.24, 2.45) is 5.10 Å². The Morgan fingerprint density at radius 2 is 2.00 bits per heavy atom. The van der Waals surface area contributed by atoms with E-state index in [2.05, 4.69) is 9.84 Å². The molecule has 1 aliphatic rings. The number of nitrogens with zero attached hydrogens (tertiary/aromatic N) is 2. The van der Waals surface area contributed by atoms with E-state index in [0.717, 1.165) is 0 Å². The minimum Gasteiger partial charge on any atom is -0.747 e. The Kier molecular flexibility index (Phi) is 4.05. The third-order valence-corrected chi connectivity index (χ3v) is 3.67. The molecular formula is C12H11N2O6S-. The molecule has 0 bridgehead atoms. The summed E-state index contributed by atoms with van der Waals surface area (Å²) in [7, 11) is -5.08. The lowest BCUT2D eigenvalue weighted by Gasteiger charge is -2.16. The summed E-state index contributed by atoms with van der Waals surface area (Å²) in [5.41, 5.74) is -0.476. The molecule has 0 saturated heterocycles. The number of esters is 1. The summed E-state index contributed by atoms with van der Waals surface area (Å²) in [5, 5.41) is 2.18. The first kappa shape index (κ1) is 15.1. The number of carbonyl (C=O) groups is 2. The maximum atomic E-state index is 12.1. The van der Waals surface area contributed by atoms with Crippen molar-refractivity contribution in [2.45, 2.75) is 12.2 Å². The van der Waals surface area contributed by atoms with Crippen molar-refractivity contribution in [3.05, 3.63) is 30.3 Å². The number of anilines is 1. The quantitative estimate of drug-likeness (QED) is 0.564. The fourth-order valence-corrected chi connectivity index (χ4v) is 2.57. The summed E-state index contributed by atoms with van der Waals surface area (Å²) in [4.78, 5) is 23.8. The number of benzene rings is 1. The Hall–Kier alpha value is -2.26. The summed E-state index contributed by atoms with van der Waals surface area (Å²) in [6.45, 7) is 1.47. The van der Waals surface area contributed by atoms with Gasteiger partial charge in [-0.05, 0) is 19.1 Å². The topological polar surface area (TPSA) is 116 Å². The van der Waals surface area contributed by atoms with Gasteiger partial charge < -0.3 is 9.29 Å². The molecule has 1 atom stereocenters. The van der Waals surface area contributed by atoms with Crippen molar-refractivity contribution in [3.8, 4) is 0 Å². The van der Waals surface area contributed by atoms with Crippen LogP contribution in [0.5, 0.6) is 0 Å². The molecule has 1 amide bonds. The van der Waals surface area contributed by atoms with Crippen LogP contribution >= 0.6 is 0 Å². The molecule has 0 fully saturated rings. The number of rotatable bonds is 4. The van der Waals surface area contributed by atoms with E-state index in [0.29, 0.717) is 5.01 Å². The molecular weight excluding hydrogens is 300 g/mol. The van der Waals surface area contributed by atoms with Crippen LogP contribution in [0.1, 0.15) is 6.92 Å². The minimum atomic E-state index is -5.08. The van der Waals surface area contributed by atoms with Crippen LogP contribution in [-0.4, -0.2) is 42.4 Å². The zero-order valence-corrected chi connectivity index (χ0v) is 11.7. The molecule has 9 heteroatoms. The average Bonchev–Trinajstić information content (AvgIpc) is 2.77. The van der Waals surface area contributed by atoms with Crippen LogP contribution in [0, 0.1) is 0 Å². The number of amides is 1. The molecule has 2 rings (SSSR count). The van der Waals surface area contributed by atoms with Gasteiger partial charge in [-0.1, -0.05) is 18.2 Å². The Morgan fingerprint density at radius 1 is 1.38 bits per heavy atom. The van der Waals surface area contributed by atoms with E-state index in [-0.39, 0.29) is 12.3 Å². The first-order valence-electron chi connectivity index (χ1n) is 5.95. The van der Waals surface area contributed by atoms with Gasteiger partial charge >= 0.3 is 5.97 Å². The Morgan fingerprint density at radius 3 is 2.52 bits per heavy atom. The molecule has 0 saturated carbocycles. The number of carbonyl (C=O) groups excluding carboxylic acids is 2. The van der Waals surface area contributed by atoms with Gasteiger partial charge in [0.25, 0.3) is 5.91 Å². The molecule has 0 aliphatic carbocycles. The minimum absolute atomic E-state index is 0.0387. The van der Waals surface area contributed by atoms with Gasteiger partial charge in [0.15, 0.2) is 11.0 Å². The highest BCUT2D eigenvalue weighted by molar-refractivity contribution is 7.88. The van der Waals surface area contributed by atoms with Crippen LogP contribution in [0.15, 0.2) is 35.4 Å². The Balaban J connectivity index is 2.47. The molecule has 1 heterocycles. The molecule has 8 nitrogen and oxygen atoms in total. The predicted molar refractivity (Wildman–Crippen MR) is 71.5 cm³/mol. The van der Waals surface area contributed by atoms with Gasteiger partial charge in [0.05, 0.1) is 12.3 Å². The van der Waals surface area contributed by atoms with Crippen molar-refractivity contribution in [2.75, 3.05) is 11.6 Å². The summed E-state index contributed by atoms with van der Waals surface area (Å²) < 4.78 is 38.4. The molecule has 0 radical (unpaired) electrons. The second kappa shape index (κ2) is 5.62. The van der Waals surface area contributed by atoms with E-state index in [1.54, 1.807) is 18.2 Å². The van der Waals surface area contributed by atoms with E-state index in [1.807, 2.05) is 0 Å². The first-order chi connectivity index (χ1) is 9.86. The van der Waals surface area contributed by atoms with E-state index < -0.39 is 33.0 Å². The molecule has 0 unspecified atom stereocenters. The fraction of sp³-hybridized carbons (Fsp3) is 0.250. The maximum absolute atomic E-state index is 12.1. The summed E-state index contributed by atoms with van der Waals surface area (Å²) in [6.07, 6.45) is 0. The molecule has 1 aliphatic heterocycles. The zero-order valence-electron chi connectivity index (χ0n) is 10.9. The Labute approximate surface area is 120 Å². The maximum Gasteiger partial charge on any atom is 0.356 e. The van der Waals surface area contributed by atoms with Crippen LogP contribution in [0.3, 0.4) is 0 Å². The van der Waals surface area contributed by atoms with Gasteiger partial charge in [-0.25, -0.2) is 13.2 Å². The van der Waals surface area contributed by atoms with Crippen molar-refractivity contribution in [3.63, 3.8) is 0 Å². The lowest BCUT2D eigenvalue weighted by atomic mass is 10.2. The highest BCUT2D eigenvalue weighted by atomic mass is 32.2. The van der Waals surface area contributed by atoms with Crippen LogP contribution < -0.4 is 5.01 Å². The average molecular weight is 311 g/mol. The van der Waals surface area contributed by atoms with Gasteiger partial charge in [0.1, 0.15) is 10.1 Å². The number of hydrogen-bond donors (Lipinski definition) is 0. The molecule has 1 aromatic rings. The van der Waals surface area contributed by atoms with Gasteiger partial charge in [-0.15, -0.1) is 0 Å². The first-order valence-corrected chi connectivity index (χ1v) is 7.42. The second-order valence-corrected chi connectivity index (χ2v) is 5.52. The standard InChI is InChI=1S/C12H12N2O6S/c1-2-20-12(16)9-10(21(17,18)19)11(15)14(13-9)8-6-4-3-5-7-8/h3-7,10H,2H2,1H3,(H,17,18,19)/p-1/t10-/m1/s1. The summed E-state index contributed by atoms with van der Waals surface area (Å²) in [5.74, 6) is -2.20.